The SMILES string of the molecule is CNC(C)C1CN(Cc2ccccc2)CCO1. The second-order valence-electron chi connectivity index (χ2n) is 4.71. The maximum Gasteiger partial charge on any atom is 0.0852 e. The Morgan fingerprint density at radius 3 is 2.88 bits per heavy atom. The molecule has 17 heavy (non-hydrogen) atoms. The molecule has 0 aromatic heterocycles. The summed E-state index contributed by atoms with van der Waals surface area (Å²) in [4.78, 5) is 2.47. The molecule has 94 valence electrons. The van der Waals surface area contributed by atoms with Gasteiger partial charge in [0, 0.05) is 25.7 Å². The van der Waals surface area contributed by atoms with Gasteiger partial charge in [0.15, 0.2) is 0 Å². The maximum absolute atomic E-state index is 5.79. The van der Waals surface area contributed by atoms with E-state index in [0.29, 0.717) is 12.1 Å². The van der Waals surface area contributed by atoms with Crippen molar-refractivity contribution in [3.8, 4) is 0 Å². The van der Waals surface area contributed by atoms with Crippen LogP contribution in [0.4, 0.5) is 0 Å². The van der Waals surface area contributed by atoms with Crippen LogP contribution in [0.25, 0.3) is 0 Å². The zero-order valence-corrected chi connectivity index (χ0v) is 10.7. The van der Waals surface area contributed by atoms with Gasteiger partial charge in [-0.25, -0.2) is 0 Å². The van der Waals surface area contributed by atoms with Crippen LogP contribution in [0.2, 0.25) is 0 Å². The minimum absolute atomic E-state index is 0.303. The van der Waals surface area contributed by atoms with Gasteiger partial charge in [-0.05, 0) is 19.5 Å². The molecule has 1 saturated heterocycles. The van der Waals surface area contributed by atoms with Crippen molar-refractivity contribution in [2.75, 3.05) is 26.7 Å². The fraction of sp³-hybridized carbons (Fsp3) is 0.571. The van der Waals surface area contributed by atoms with Gasteiger partial charge in [0.25, 0.3) is 0 Å². The average molecular weight is 234 g/mol. The Balaban J connectivity index is 1.89. The van der Waals surface area contributed by atoms with E-state index in [1.165, 1.54) is 5.56 Å². The highest BCUT2D eigenvalue weighted by Crippen LogP contribution is 2.12. The Morgan fingerprint density at radius 2 is 2.18 bits per heavy atom. The van der Waals surface area contributed by atoms with Crippen LogP contribution in [0.15, 0.2) is 30.3 Å². The predicted octanol–water partition coefficient (Wildman–Crippen LogP) is 1.50. The molecule has 1 aliphatic heterocycles. The minimum atomic E-state index is 0.303. The molecule has 3 heteroatoms. The summed E-state index contributed by atoms with van der Waals surface area (Å²) in [6, 6.07) is 11.0. The molecule has 0 saturated carbocycles. The van der Waals surface area contributed by atoms with Crippen molar-refractivity contribution >= 4 is 0 Å². The van der Waals surface area contributed by atoms with Crippen molar-refractivity contribution in [3.05, 3.63) is 35.9 Å². The van der Waals surface area contributed by atoms with Crippen LogP contribution in [0, 0.1) is 0 Å². The Labute approximate surface area is 104 Å². The van der Waals surface area contributed by atoms with E-state index >= 15 is 0 Å². The van der Waals surface area contributed by atoms with Gasteiger partial charge in [-0.15, -0.1) is 0 Å². The summed E-state index contributed by atoms with van der Waals surface area (Å²) in [5.41, 5.74) is 1.38. The lowest BCUT2D eigenvalue weighted by Gasteiger charge is -2.35. The molecule has 0 radical (unpaired) electrons. The molecule has 1 fully saturated rings. The van der Waals surface area contributed by atoms with Gasteiger partial charge in [-0.2, -0.15) is 0 Å². The molecule has 0 aliphatic carbocycles. The molecule has 0 bridgehead atoms. The van der Waals surface area contributed by atoms with Crippen LogP contribution in [-0.4, -0.2) is 43.8 Å². The fourth-order valence-electron chi connectivity index (χ4n) is 2.21. The van der Waals surface area contributed by atoms with Gasteiger partial charge in [-0.1, -0.05) is 30.3 Å². The zero-order valence-electron chi connectivity index (χ0n) is 10.7. The third-order valence-corrected chi connectivity index (χ3v) is 3.44. The van der Waals surface area contributed by atoms with E-state index in [4.69, 9.17) is 4.74 Å². The fourth-order valence-corrected chi connectivity index (χ4v) is 2.21. The number of nitrogens with one attached hydrogen (secondary N) is 1. The van der Waals surface area contributed by atoms with Crippen LogP contribution in [-0.2, 0) is 11.3 Å². The van der Waals surface area contributed by atoms with Crippen molar-refractivity contribution in [2.24, 2.45) is 0 Å². The number of ether oxygens (including phenoxy) is 1. The Bertz CT molecular complexity index is 328. The molecule has 1 N–H and O–H groups in total. The number of hydrogen-bond acceptors (Lipinski definition) is 3. The van der Waals surface area contributed by atoms with Crippen LogP contribution < -0.4 is 5.32 Å². The number of rotatable bonds is 4. The summed E-state index contributed by atoms with van der Waals surface area (Å²) < 4.78 is 5.79. The highest BCUT2D eigenvalue weighted by molar-refractivity contribution is 5.14. The smallest absolute Gasteiger partial charge is 0.0852 e. The third kappa shape index (κ3) is 3.53. The quantitative estimate of drug-likeness (QED) is 0.854. The van der Waals surface area contributed by atoms with Gasteiger partial charge < -0.3 is 10.1 Å². The Morgan fingerprint density at radius 1 is 1.41 bits per heavy atom. The normalized spacial score (nSPS) is 23.5. The molecule has 2 unspecified atom stereocenters. The van der Waals surface area contributed by atoms with Crippen LogP contribution in [0.3, 0.4) is 0 Å². The topological polar surface area (TPSA) is 24.5 Å². The van der Waals surface area contributed by atoms with E-state index in [9.17, 15) is 0 Å². The second-order valence-corrected chi connectivity index (χ2v) is 4.71. The number of benzene rings is 1. The number of nitrogens with zero attached hydrogens (tertiary/aromatic N) is 1. The zero-order chi connectivity index (χ0) is 12.1. The summed E-state index contributed by atoms with van der Waals surface area (Å²) in [5, 5.41) is 3.27. The van der Waals surface area contributed by atoms with E-state index in [1.807, 2.05) is 7.05 Å². The molecule has 1 aliphatic rings. The highest BCUT2D eigenvalue weighted by atomic mass is 16.5. The van der Waals surface area contributed by atoms with Crippen LogP contribution in [0.1, 0.15) is 12.5 Å². The lowest BCUT2D eigenvalue weighted by molar-refractivity contribution is -0.0449. The first kappa shape index (κ1) is 12.6. The van der Waals surface area contributed by atoms with E-state index in [1.54, 1.807) is 0 Å². The molecule has 3 nitrogen and oxygen atoms in total. The van der Waals surface area contributed by atoms with Gasteiger partial charge in [0.2, 0.25) is 0 Å². The predicted molar refractivity (Wildman–Crippen MR) is 70.0 cm³/mol. The summed E-state index contributed by atoms with van der Waals surface area (Å²) in [7, 11) is 1.99. The number of likely N-dealkylation sites (N-methyl/N-ethyl adjacent to an activating group) is 1. The molecule has 1 aromatic rings. The Kier molecular flexibility index (Phi) is 4.54. The first-order valence-electron chi connectivity index (χ1n) is 6.34. The van der Waals surface area contributed by atoms with E-state index in [0.717, 1.165) is 26.2 Å². The molecular weight excluding hydrogens is 212 g/mol. The van der Waals surface area contributed by atoms with Gasteiger partial charge in [0.05, 0.1) is 12.7 Å². The van der Waals surface area contributed by atoms with Crippen molar-refractivity contribution in [2.45, 2.75) is 25.6 Å². The first-order chi connectivity index (χ1) is 8.29. The monoisotopic (exact) mass is 234 g/mol. The minimum Gasteiger partial charge on any atom is -0.374 e. The van der Waals surface area contributed by atoms with Crippen molar-refractivity contribution in [1.82, 2.24) is 10.2 Å². The van der Waals surface area contributed by atoms with Crippen LogP contribution in [0.5, 0.6) is 0 Å². The van der Waals surface area contributed by atoms with E-state index < -0.39 is 0 Å². The number of morpholine rings is 1. The van der Waals surface area contributed by atoms with Crippen molar-refractivity contribution in [1.29, 1.82) is 0 Å². The summed E-state index contributed by atoms with van der Waals surface area (Å²) in [6.07, 6.45) is 0.303. The van der Waals surface area contributed by atoms with Gasteiger partial charge in [0.1, 0.15) is 0 Å². The van der Waals surface area contributed by atoms with Crippen molar-refractivity contribution in [3.63, 3.8) is 0 Å². The van der Waals surface area contributed by atoms with Gasteiger partial charge in [-0.3, -0.25) is 4.90 Å². The van der Waals surface area contributed by atoms with E-state index in [2.05, 4.69) is 47.5 Å². The lowest BCUT2D eigenvalue weighted by Crippen LogP contribution is -2.50. The standard InChI is InChI=1S/C14H22N2O/c1-12(15-2)14-11-16(8-9-17-14)10-13-6-4-3-5-7-13/h3-7,12,14-15H,8-11H2,1-2H3. The van der Waals surface area contributed by atoms with Gasteiger partial charge >= 0.3 is 0 Å². The molecule has 1 aromatic carbocycles. The number of hydrogen-bond donors (Lipinski definition) is 1. The van der Waals surface area contributed by atoms with Crippen LogP contribution >= 0.6 is 0 Å². The molecule has 2 atom stereocenters. The molecule has 0 spiro atoms. The largest absolute Gasteiger partial charge is 0.374 e. The molecule has 0 amide bonds. The molecule has 1 heterocycles. The van der Waals surface area contributed by atoms with Crippen molar-refractivity contribution < 1.29 is 4.74 Å². The second kappa shape index (κ2) is 6.15. The lowest BCUT2D eigenvalue weighted by atomic mass is 10.1. The summed E-state index contributed by atoms with van der Waals surface area (Å²) in [5.74, 6) is 0. The molecular formula is C14H22N2O. The summed E-state index contributed by atoms with van der Waals surface area (Å²) >= 11 is 0. The first-order valence-corrected chi connectivity index (χ1v) is 6.34. The molecule has 2 rings (SSSR count). The summed E-state index contributed by atoms with van der Waals surface area (Å²) in [6.45, 7) is 6.08. The Hall–Kier alpha value is -0.900. The highest BCUT2D eigenvalue weighted by Gasteiger charge is 2.24. The van der Waals surface area contributed by atoms with E-state index in [-0.39, 0.29) is 0 Å². The third-order valence-electron chi connectivity index (χ3n) is 3.44. The maximum atomic E-state index is 5.79. The average Bonchev–Trinajstić information content (AvgIpc) is 2.39.